The SMILES string of the molecule is CCOC(=O)c1ccc(NC(=O)[C@@H]2CSCCC(=O)N2)cc1. The summed E-state index contributed by atoms with van der Waals surface area (Å²) in [5.74, 6) is 0.518. The Labute approximate surface area is 133 Å². The standard InChI is InChI=1S/C15H18N2O4S/c1-2-21-15(20)10-3-5-11(6-4-10)16-14(19)12-9-22-8-7-13(18)17-12/h3-6,12H,2,7-9H2,1H3,(H,16,19)(H,17,18)/t12-/m0/s1. The second-order valence-electron chi connectivity index (χ2n) is 4.73. The van der Waals surface area contributed by atoms with Crippen LogP contribution in [-0.4, -0.2) is 41.9 Å². The Morgan fingerprint density at radius 2 is 2.09 bits per heavy atom. The second-order valence-corrected chi connectivity index (χ2v) is 5.88. The molecule has 22 heavy (non-hydrogen) atoms. The highest BCUT2D eigenvalue weighted by molar-refractivity contribution is 7.99. The molecule has 2 amide bonds. The number of ether oxygens (including phenoxy) is 1. The number of esters is 1. The molecule has 0 aliphatic carbocycles. The molecule has 0 radical (unpaired) electrons. The minimum atomic E-state index is -0.537. The summed E-state index contributed by atoms with van der Waals surface area (Å²) in [6.07, 6.45) is 0.433. The lowest BCUT2D eigenvalue weighted by molar-refractivity contribution is -0.125. The molecule has 0 unspecified atom stereocenters. The van der Waals surface area contributed by atoms with Gasteiger partial charge in [-0.15, -0.1) is 0 Å². The maximum Gasteiger partial charge on any atom is 0.338 e. The molecule has 2 rings (SSSR count). The van der Waals surface area contributed by atoms with Gasteiger partial charge in [-0.05, 0) is 31.2 Å². The van der Waals surface area contributed by atoms with Gasteiger partial charge in [-0.3, -0.25) is 9.59 Å². The average Bonchev–Trinajstić information content (AvgIpc) is 2.73. The zero-order chi connectivity index (χ0) is 15.9. The number of carbonyl (C=O) groups excluding carboxylic acids is 3. The van der Waals surface area contributed by atoms with Gasteiger partial charge in [0.15, 0.2) is 0 Å². The van der Waals surface area contributed by atoms with E-state index in [-0.39, 0.29) is 11.8 Å². The van der Waals surface area contributed by atoms with Crippen LogP contribution < -0.4 is 10.6 Å². The van der Waals surface area contributed by atoms with Gasteiger partial charge >= 0.3 is 5.97 Å². The maximum absolute atomic E-state index is 12.2. The number of nitrogens with one attached hydrogen (secondary N) is 2. The van der Waals surface area contributed by atoms with Crippen LogP contribution in [0.25, 0.3) is 0 Å². The Morgan fingerprint density at radius 3 is 2.77 bits per heavy atom. The molecule has 1 aliphatic rings. The van der Waals surface area contributed by atoms with Crippen LogP contribution in [0, 0.1) is 0 Å². The van der Waals surface area contributed by atoms with Crippen LogP contribution in [0.1, 0.15) is 23.7 Å². The Kier molecular flexibility index (Phi) is 5.83. The predicted molar refractivity (Wildman–Crippen MR) is 84.9 cm³/mol. The molecule has 1 aromatic carbocycles. The van der Waals surface area contributed by atoms with Gasteiger partial charge < -0.3 is 15.4 Å². The minimum absolute atomic E-state index is 0.109. The van der Waals surface area contributed by atoms with Gasteiger partial charge in [0.1, 0.15) is 6.04 Å². The van der Waals surface area contributed by atoms with E-state index < -0.39 is 12.0 Å². The normalized spacial score (nSPS) is 18.0. The number of hydrogen-bond acceptors (Lipinski definition) is 5. The fourth-order valence-electron chi connectivity index (χ4n) is 1.95. The number of carbonyl (C=O) groups is 3. The summed E-state index contributed by atoms with van der Waals surface area (Å²) in [5, 5.41) is 5.44. The van der Waals surface area contributed by atoms with Gasteiger partial charge in [-0.25, -0.2) is 4.79 Å². The molecule has 1 aliphatic heterocycles. The predicted octanol–water partition coefficient (Wildman–Crippen LogP) is 1.42. The van der Waals surface area contributed by atoms with E-state index in [9.17, 15) is 14.4 Å². The zero-order valence-electron chi connectivity index (χ0n) is 12.3. The molecule has 0 saturated carbocycles. The summed E-state index contributed by atoms with van der Waals surface area (Å²) in [6, 6.07) is 5.91. The van der Waals surface area contributed by atoms with E-state index in [1.54, 1.807) is 43.0 Å². The smallest absolute Gasteiger partial charge is 0.338 e. The number of amides is 2. The third-order valence-electron chi connectivity index (χ3n) is 3.07. The van der Waals surface area contributed by atoms with Crippen molar-refractivity contribution in [1.82, 2.24) is 5.32 Å². The van der Waals surface area contributed by atoms with Crippen molar-refractivity contribution in [2.75, 3.05) is 23.4 Å². The monoisotopic (exact) mass is 322 g/mol. The van der Waals surface area contributed by atoms with Crippen LogP contribution >= 0.6 is 11.8 Å². The van der Waals surface area contributed by atoms with E-state index in [1.165, 1.54) is 0 Å². The average molecular weight is 322 g/mol. The number of benzene rings is 1. The topological polar surface area (TPSA) is 84.5 Å². The summed E-state index contributed by atoms with van der Waals surface area (Å²) in [6.45, 7) is 2.06. The van der Waals surface area contributed by atoms with Crippen LogP contribution in [0.15, 0.2) is 24.3 Å². The van der Waals surface area contributed by atoms with E-state index in [0.717, 1.165) is 5.75 Å². The largest absolute Gasteiger partial charge is 0.462 e. The highest BCUT2D eigenvalue weighted by Crippen LogP contribution is 2.14. The highest BCUT2D eigenvalue weighted by atomic mass is 32.2. The van der Waals surface area contributed by atoms with Gasteiger partial charge in [0.2, 0.25) is 11.8 Å². The Bertz CT molecular complexity index is 559. The third-order valence-corrected chi connectivity index (χ3v) is 4.14. The first-order valence-corrected chi connectivity index (χ1v) is 8.20. The summed E-state index contributed by atoms with van der Waals surface area (Å²) < 4.78 is 4.89. The van der Waals surface area contributed by atoms with E-state index in [0.29, 0.717) is 30.0 Å². The molecule has 118 valence electrons. The first kappa shape index (κ1) is 16.4. The molecular weight excluding hydrogens is 304 g/mol. The Hall–Kier alpha value is -2.02. The molecule has 1 heterocycles. The lowest BCUT2D eigenvalue weighted by atomic mass is 10.2. The highest BCUT2D eigenvalue weighted by Gasteiger charge is 2.23. The van der Waals surface area contributed by atoms with Crippen LogP contribution in [0.2, 0.25) is 0 Å². The van der Waals surface area contributed by atoms with Gasteiger partial charge in [-0.1, -0.05) is 0 Å². The summed E-state index contributed by atoms with van der Waals surface area (Å²) in [7, 11) is 0. The first-order valence-electron chi connectivity index (χ1n) is 7.05. The fraction of sp³-hybridized carbons (Fsp3) is 0.400. The van der Waals surface area contributed by atoms with Crippen molar-refractivity contribution < 1.29 is 19.1 Å². The maximum atomic E-state index is 12.2. The first-order chi connectivity index (χ1) is 10.6. The van der Waals surface area contributed by atoms with E-state index in [1.807, 2.05) is 0 Å². The van der Waals surface area contributed by atoms with Gasteiger partial charge in [0, 0.05) is 23.6 Å². The van der Waals surface area contributed by atoms with Crippen LogP contribution in [-0.2, 0) is 14.3 Å². The van der Waals surface area contributed by atoms with Crippen LogP contribution in [0.4, 0.5) is 5.69 Å². The number of thioether (sulfide) groups is 1. The molecule has 2 N–H and O–H groups in total. The van der Waals surface area contributed by atoms with Crippen molar-refractivity contribution in [3.05, 3.63) is 29.8 Å². The molecular formula is C15H18N2O4S. The van der Waals surface area contributed by atoms with Gasteiger partial charge in [0.05, 0.1) is 12.2 Å². The molecule has 6 nitrogen and oxygen atoms in total. The van der Waals surface area contributed by atoms with Crippen molar-refractivity contribution in [2.45, 2.75) is 19.4 Å². The van der Waals surface area contributed by atoms with Crippen molar-refractivity contribution >= 4 is 35.2 Å². The molecule has 0 spiro atoms. The molecule has 0 aromatic heterocycles. The lowest BCUT2D eigenvalue weighted by Gasteiger charge is -2.15. The van der Waals surface area contributed by atoms with E-state index in [2.05, 4.69) is 10.6 Å². The van der Waals surface area contributed by atoms with Gasteiger partial charge in [-0.2, -0.15) is 11.8 Å². The molecule has 1 aromatic rings. The zero-order valence-corrected chi connectivity index (χ0v) is 13.1. The quantitative estimate of drug-likeness (QED) is 0.819. The molecule has 1 saturated heterocycles. The molecule has 7 heteroatoms. The van der Waals surface area contributed by atoms with Crippen molar-refractivity contribution in [3.8, 4) is 0 Å². The summed E-state index contributed by atoms with van der Waals surface area (Å²) in [5.41, 5.74) is 1.000. The Balaban J connectivity index is 1.96. The number of anilines is 1. The van der Waals surface area contributed by atoms with Crippen LogP contribution in [0.5, 0.6) is 0 Å². The number of rotatable bonds is 4. The fourth-order valence-corrected chi connectivity index (χ4v) is 2.92. The van der Waals surface area contributed by atoms with E-state index in [4.69, 9.17) is 4.74 Å². The van der Waals surface area contributed by atoms with Crippen molar-refractivity contribution in [1.29, 1.82) is 0 Å². The summed E-state index contributed by atoms with van der Waals surface area (Å²) in [4.78, 5) is 35.2. The molecule has 0 bridgehead atoms. The minimum Gasteiger partial charge on any atom is -0.462 e. The second kappa shape index (κ2) is 7.84. The molecule has 1 atom stereocenters. The lowest BCUT2D eigenvalue weighted by Crippen LogP contribution is -2.44. The van der Waals surface area contributed by atoms with Crippen molar-refractivity contribution in [3.63, 3.8) is 0 Å². The third kappa shape index (κ3) is 4.49. The van der Waals surface area contributed by atoms with Crippen molar-refractivity contribution in [2.24, 2.45) is 0 Å². The van der Waals surface area contributed by atoms with Crippen LogP contribution in [0.3, 0.4) is 0 Å². The Morgan fingerprint density at radius 1 is 1.36 bits per heavy atom. The molecule has 1 fully saturated rings. The van der Waals surface area contributed by atoms with Gasteiger partial charge in [0.25, 0.3) is 0 Å². The number of hydrogen-bond donors (Lipinski definition) is 2. The van der Waals surface area contributed by atoms with E-state index >= 15 is 0 Å². The summed E-state index contributed by atoms with van der Waals surface area (Å²) >= 11 is 1.57.